The van der Waals surface area contributed by atoms with Crippen molar-refractivity contribution in [2.24, 2.45) is 5.73 Å². The van der Waals surface area contributed by atoms with E-state index in [9.17, 15) is 0 Å². The summed E-state index contributed by atoms with van der Waals surface area (Å²) in [5, 5.41) is 6.93. The zero-order valence-electron chi connectivity index (χ0n) is 24.1. The van der Waals surface area contributed by atoms with Gasteiger partial charge in [0.05, 0.1) is 42.7 Å². The molecule has 0 saturated carbocycles. The molecule has 0 aliphatic carbocycles. The second-order valence-corrected chi connectivity index (χ2v) is 8.06. The summed E-state index contributed by atoms with van der Waals surface area (Å²) in [7, 11) is 9.69. The zero-order valence-corrected chi connectivity index (χ0v) is 27.3. The largest absolute Gasteiger partial charge is 0.493 e. The van der Waals surface area contributed by atoms with Crippen LogP contribution >= 0.6 is 49.6 Å². The summed E-state index contributed by atoms with van der Waals surface area (Å²) < 4.78 is 32.6. The van der Waals surface area contributed by atoms with E-state index < -0.39 is 0 Å². The Morgan fingerprint density at radius 3 is 1.40 bits per heavy atom. The van der Waals surface area contributed by atoms with Crippen LogP contribution < -0.4 is 44.8 Å². The molecule has 2 rings (SSSR count). The fourth-order valence-electron chi connectivity index (χ4n) is 3.95. The van der Waals surface area contributed by atoms with Gasteiger partial charge in [-0.1, -0.05) is 0 Å². The molecule has 0 aliphatic heterocycles. The summed E-state index contributed by atoms with van der Waals surface area (Å²) in [6.07, 6.45) is 0. The first-order chi connectivity index (χ1) is 17.5. The molecule has 0 heterocycles. The molecule has 0 saturated heterocycles. The molecular formula is C26H46Cl4N4O6. The maximum atomic E-state index is 5.86. The standard InChI is InChI=1S/C26H42N4O6.4ClH/c1-31-21-13-19(14-22(32-2)25(21)35-5)17-29-9-8-28-10-12-30(11-7-27)18-20-15-23(33-3)26(36-6)24(16-20)34-4;;;;/h13-16,28-29H,7-12,17-18,27H2,1-6H3;4*1H. The van der Waals surface area contributed by atoms with Crippen LogP contribution in [-0.4, -0.2) is 86.8 Å². The van der Waals surface area contributed by atoms with E-state index >= 15 is 0 Å². The van der Waals surface area contributed by atoms with Crippen LogP contribution in [0.5, 0.6) is 34.5 Å². The average molecular weight is 652 g/mol. The molecular weight excluding hydrogens is 606 g/mol. The Hall–Kier alpha value is -1.76. The Labute approximate surface area is 263 Å². The van der Waals surface area contributed by atoms with E-state index in [1.54, 1.807) is 42.7 Å². The van der Waals surface area contributed by atoms with Gasteiger partial charge in [-0.05, 0) is 35.4 Å². The molecule has 0 bridgehead atoms. The van der Waals surface area contributed by atoms with Crippen molar-refractivity contribution >= 4 is 49.6 Å². The summed E-state index contributed by atoms with van der Waals surface area (Å²) in [6, 6.07) is 7.86. The first-order valence-corrected chi connectivity index (χ1v) is 12.0. The third-order valence-electron chi connectivity index (χ3n) is 5.71. The minimum Gasteiger partial charge on any atom is -0.493 e. The Morgan fingerprint density at radius 1 is 0.575 bits per heavy atom. The molecule has 2 aromatic rings. The Balaban J connectivity index is -0.00000342. The lowest BCUT2D eigenvalue weighted by atomic mass is 10.1. The predicted octanol–water partition coefficient (Wildman–Crippen LogP) is 3.57. The normalized spacial score (nSPS) is 9.80. The van der Waals surface area contributed by atoms with Crippen LogP contribution in [0.15, 0.2) is 24.3 Å². The molecule has 0 amide bonds. The molecule has 40 heavy (non-hydrogen) atoms. The van der Waals surface area contributed by atoms with Gasteiger partial charge in [-0.3, -0.25) is 4.90 Å². The zero-order chi connectivity index (χ0) is 26.3. The molecule has 0 spiro atoms. The van der Waals surface area contributed by atoms with Gasteiger partial charge in [0.2, 0.25) is 11.5 Å². The van der Waals surface area contributed by atoms with Crippen LogP contribution in [-0.2, 0) is 13.1 Å². The molecule has 0 radical (unpaired) electrons. The number of methoxy groups -OCH3 is 6. The summed E-state index contributed by atoms with van der Waals surface area (Å²) >= 11 is 0. The van der Waals surface area contributed by atoms with Gasteiger partial charge >= 0.3 is 0 Å². The first-order valence-electron chi connectivity index (χ1n) is 12.0. The first kappa shape index (κ1) is 42.7. The molecule has 2 aromatic carbocycles. The smallest absolute Gasteiger partial charge is 0.203 e. The number of nitrogens with zero attached hydrogens (tertiary/aromatic N) is 1. The topological polar surface area (TPSA) is 109 Å². The Morgan fingerprint density at radius 2 is 1.00 bits per heavy atom. The number of rotatable bonds is 18. The molecule has 0 fully saturated rings. The van der Waals surface area contributed by atoms with Gasteiger partial charge in [0.1, 0.15) is 0 Å². The van der Waals surface area contributed by atoms with Crippen molar-refractivity contribution in [1.82, 2.24) is 15.5 Å². The van der Waals surface area contributed by atoms with Crippen molar-refractivity contribution in [1.29, 1.82) is 0 Å². The third-order valence-corrected chi connectivity index (χ3v) is 5.71. The van der Waals surface area contributed by atoms with Crippen molar-refractivity contribution in [3.05, 3.63) is 35.4 Å². The van der Waals surface area contributed by atoms with E-state index in [1.807, 2.05) is 24.3 Å². The number of hydrogen-bond donors (Lipinski definition) is 3. The maximum Gasteiger partial charge on any atom is 0.203 e. The number of ether oxygens (including phenoxy) is 6. The van der Waals surface area contributed by atoms with E-state index in [-0.39, 0.29) is 49.6 Å². The molecule has 0 unspecified atom stereocenters. The van der Waals surface area contributed by atoms with Crippen LogP contribution in [0, 0.1) is 0 Å². The van der Waals surface area contributed by atoms with E-state index in [0.29, 0.717) is 47.6 Å². The number of nitrogens with one attached hydrogen (secondary N) is 2. The second kappa shape index (κ2) is 23.9. The lowest BCUT2D eigenvalue weighted by Crippen LogP contribution is -2.37. The minimum absolute atomic E-state index is 0. The lowest BCUT2D eigenvalue weighted by molar-refractivity contribution is 0.270. The van der Waals surface area contributed by atoms with Gasteiger partial charge in [-0.15, -0.1) is 49.6 Å². The highest BCUT2D eigenvalue weighted by Crippen LogP contribution is 2.39. The SMILES string of the molecule is COc1cc(CNCCNCCN(CCN)Cc2cc(OC)c(OC)c(OC)c2)cc(OC)c1OC.Cl.Cl.Cl.Cl. The second-order valence-electron chi connectivity index (χ2n) is 8.06. The van der Waals surface area contributed by atoms with Crippen molar-refractivity contribution in [2.45, 2.75) is 13.1 Å². The predicted molar refractivity (Wildman–Crippen MR) is 170 cm³/mol. The molecule has 0 atom stereocenters. The molecule has 4 N–H and O–H groups in total. The van der Waals surface area contributed by atoms with Gasteiger partial charge in [0.15, 0.2) is 23.0 Å². The highest BCUT2D eigenvalue weighted by atomic mass is 35.5. The van der Waals surface area contributed by atoms with Crippen LogP contribution in [0.3, 0.4) is 0 Å². The van der Waals surface area contributed by atoms with Crippen LogP contribution in [0.1, 0.15) is 11.1 Å². The molecule has 10 nitrogen and oxygen atoms in total. The van der Waals surface area contributed by atoms with Crippen molar-refractivity contribution in [3.63, 3.8) is 0 Å². The Bertz CT molecular complexity index is 896. The van der Waals surface area contributed by atoms with E-state index in [4.69, 9.17) is 34.2 Å². The van der Waals surface area contributed by atoms with Gasteiger partial charge in [-0.2, -0.15) is 0 Å². The molecule has 234 valence electrons. The van der Waals surface area contributed by atoms with Crippen molar-refractivity contribution in [2.75, 3.05) is 81.9 Å². The van der Waals surface area contributed by atoms with Gasteiger partial charge in [0.25, 0.3) is 0 Å². The number of nitrogens with two attached hydrogens (primary N) is 1. The number of halogens is 4. The van der Waals surface area contributed by atoms with Crippen LogP contribution in [0.4, 0.5) is 0 Å². The van der Waals surface area contributed by atoms with Crippen LogP contribution in [0.2, 0.25) is 0 Å². The number of hydrogen-bond acceptors (Lipinski definition) is 10. The van der Waals surface area contributed by atoms with E-state index in [0.717, 1.165) is 50.4 Å². The average Bonchev–Trinajstić information content (AvgIpc) is 2.91. The highest BCUT2D eigenvalue weighted by molar-refractivity contribution is 5.86. The van der Waals surface area contributed by atoms with Crippen molar-refractivity contribution < 1.29 is 28.4 Å². The summed E-state index contributed by atoms with van der Waals surface area (Å²) in [4.78, 5) is 2.30. The van der Waals surface area contributed by atoms with E-state index in [2.05, 4.69) is 15.5 Å². The fourth-order valence-corrected chi connectivity index (χ4v) is 3.95. The van der Waals surface area contributed by atoms with Gasteiger partial charge in [0, 0.05) is 52.4 Å². The fraction of sp³-hybridized carbons (Fsp3) is 0.538. The van der Waals surface area contributed by atoms with E-state index in [1.165, 1.54) is 0 Å². The molecule has 0 aliphatic rings. The lowest BCUT2D eigenvalue weighted by Gasteiger charge is -2.23. The van der Waals surface area contributed by atoms with Gasteiger partial charge < -0.3 is 44.8 Å². The number of benzene rings is 2. The quantitative estimate of drug-likeness (QED) is 0.207. The van der Waals surface area contributed by atoms with Crippen LogP contribution in [0.25, 0.3) is 0 Å². The summed E-state index contributed by atoms with van der Waals surface area (Å²) in [6.45, 7) is 6.16. The Kier molecular flexibility index (Phi) is 25.5. The monoisotopic (exact) mass is 650 g/mol. The maximum absolute atomic E-state index is 5.86. The minimum atomic E-state index is 0. The molecule has 14 heteroatoms. The molecule has 0 aromatic heterocycles. The van der Waals surface area contributed by atoms with Crippen molar-refractivity contribution in [3.8, 4) is 34.5 Å². The van der Waals surface area contributed by atoms with Gasteiger partial charge in [-0.25, -0.2) is 0 Å². The highest BCUT2D eigenvalue weighted by Gasteiger charge is 2.15. The summed E-state index contributed by atoms with van der Waals surface area (Å²) in [5.74, 6) is 3.79. The third kappa shape index (κ3) is 12.8. The summed E-state index contributed by atoms with van der Waals surface area (Å²) in [5.41, 5.74) is 7.99.